The second kappa shape index (κ2) is 5.00. The summed E-state index contributed by atoms with van der Waals surface area (Å²) < 4.78 is 0. The van der Waals surface area contributed by atoms with Gasteiger partial charge < -0.3 is 0 Å². The highest BCUT2D eigenvalue weighted by Gasteiger charge is 2.26. The van der Waals surface area contributed by atoms with E-state index in [9.17, 15) is 10.5 Å². The van der Waals surface area contributed by atoms with Crippen molar-refractivity contribution in [3.63, 3.8) is 0 Å². The van der Waals surface area contributed by atoms with Crippen LogP contribution in [0.3, 0.4) is 0 Å². The number of nitriles is 2. The van der Waals surface area contributed by atoms with E-state index < -0.39 is 0 Å². The van der Waals surface area contributed by atoms with Crippen LogP contribution in [0.5, 0.6) is 0 Å². The third-order valence-corrected chi connectivity index (χ3v) is 3.65. The van der Waals surface area contributed by atoms with Gasteiger partial charge in [0, 0.05) is 16.7 Å². The van der Waals surface area contributed by atoms with Crippen LogP contribution in [0.2, 0.25) is 0 Å². The van der Waals surface area contributed by atoms with E-state index in [1.54, 1.807) is 12.1 Å². The van der Waals surface area contributed by atoms with Crippen molar-refractivity contribution in [2.75, 3.05) is 0 Å². The molecule has 0 N–H and O–H groups in total. The number of hydrogen-bond donors (Lipinski definition) is 0. The molecule has 2 aromatic carbocycles. The number of rotatable bonds is 0. The number of terminal acetylenes is 1. The van der Waals surface area contributed by atoms with E-state index in [1.807, 2.05) is 36.4 Å². The molecule has 1 radical (unpaired) electrons. The Balaban J connectivity index is 2.45. The zero-order chi connectivity index (χ0) is 15.7. The molecule has 0 fully saturated rings. The third-order valence-electron chi connectivity index (χ3n) is 3.65. The van der Waals surface area contributed by atoms with Gasteiger partial charge in [-0.25, -0.2) is 0 Å². The molecule has 2 aromatic rings. The standard InChI is InChI=1S/C20H7N2/c1-3-13-5-7-16-17-8-6-14(4-2)10-19(17)20(18(16)9-13)15(11-21)12-22/h1,5-10H. The molecule has 97 valence electrons. The third kappa shape index (κ3) is 1.77. The van der Waals surface area contributed by atoms with E-state index >= 15 is 0 Å². The maximum atomic E-state index is 9.27. The fourth-order valence-electron chi connectivity index (χ4n) is 2.69. The van der Waals surface area contributed by atoms with Gasteiger partial charge in [-0.05, 0) is 52.9 Å². The summed E-state index contributed by atoms with van der Waals surface area (Å²) in [4.78, 5) is 0. The molecule has 0 unspecified atom stereocenters. The van der Waals surface area contributed by atoms with Crippen molar-refractivity contribution in [2.45, 2.75) is 0 Å². The molecule has 0 saturated carbocycles. The highest BCUT2D eigenvalue weighted by atomic mass is 14.3. The quantitative estimate of drug-likeness (QED) is 0.466. The highest BCUT2D eigenvalue weighted by molar-refractivity contribution is 6.04. The molecule has 0 aromatic heterocycles. The van der Waals surface area contributed by atoms with Crippen LogP contribution >= 0.6 is 0 Å². The van der Waals surface area contributed by atoms with E-state index in [4.69, 9.17) is 12.8 Å². The summed E-state index contributed by atoms with van der Waals surface area (Å²) >= 11 is 0. The average Bonchev–Trinajstić information content (AvgIpc) is 2.89. The lowest BCUT2D eigenvalue weighted by molar-refractivity contribution is 1.46. The van der Waals surface area contributed by atoms with Crippen molar-refractivity contribution in [3.8, 4) is 41.5 Å². The topological polar surface area (TPSA) is 47.6 Å². The van der Waals surface area contributed by atoms with Crippen molar-refractivity contribution < 1.29 is 0 Å². The largest absolute Gasteiger partial charge is 0.192 e. The fraction of sp³-hybridized carbons (Fsp3) is 0. The summed E-state index contributed by atoms with van der Waals surface area (Å²) in [6, 6.07) is 14.9. The van der Waals surface area contributed by atoms with Crippen LogP contribution < -0.4 is 0 Å². The Kier molecular flexibility index (Phi) is 3.01. The highest BCUT2D eigenvalue weighted by Crippen LogP contribution is 2.46. The minimum Gasteiger partial charge on any atom is -0.192 e. The summed E-state index contributed by atoms with van der Waals surface area (Å²) in [5, 5.41) is 18.5. The zero-order valence-electron chi connectivity index (χ0n) is 11.4. The summed E-state index contributed by atoms with van der Waals surface area (Å²) in [5.41, 5.74) is 5.30. The van der Waals surface area contributed by atoms with E-state index in [0.29, 0.717) is 16.7 Å². The molecule has 2 nitrogen and oxygen atoms in total. The smallest absolute Gasteiger partial charge is 0.138 e. The Morgan fingerprint density at radius 1 is 0.864 bits per heavy atom. The van der Waals surface area contributed by atoms with Gasteiger partial charge in [-0.15, -0.1) is 6.42 Å². The molecule has 1 aliphatic carbocycles. The summed E-state index contributed by atoms with van der Waals surface area (Å²) in [6.45, 7) is 0. The Morgan fingerprint density at radius 2 is 1.41 bits per heavy atom. The molecule has 0 bridgehead atoms. The van der Waals surface area contributed by atoms with Gasteiger partial charge in [-0.2, -0.15) is 10.5 Å². The van der Waals surface area contributed by atoms with Crippen molar-refractivity contribution >= 4 is 5.57 Å². The number of hydrogen-bond acceptors (Lipinski definition) is 2. The van der Waals surface area contributed by atoms with E-state index in [1.165, 1.54) is 0 Å². The molecule has 3 rings (SSSR count). The second-order valence-electron chi connectivity index (χ2n) is 4.76. The van der Waals surface area contributed by atoms with Gasteiger partial charge in [0.25, 0.3) is 0 Å². The first-order valence-electron chi connectivity index (χ1n) is 6.46. The Morgan fingerprint density at radius 3 is 1.91 bits per heavy atom. The summed E-state index contributed by atoms with van der Waals surface area (Å²) in [7, 11) is 0. The first-order valence-corrected chi connectivity index (χ1v) is 6.46. The number of benzene rings is 2. The molecule has 0 heterocycles. The van der Waals surface area contributed by atoms with Gasteiger partial charge in [0.1, 0.15) is 17.7 Å². The van der Waals surface area contributed by atoms with Crippen molar-refractivity contribution in [1.29, 1.82) is 10.5 Å². The van der Waals surface area contributed by atoms with Crippen LogP contribution in [-0.2, 0) is 0 Å². The van der Waals surface area contributed by atoms with E-state index in [0.717, 1.165) is 22.3 Å². The number of fused-ring (bicyclic) bond motifs is 3. The Bertz CT molecular complexity index is 928. The molecular weight excluding hydrogens is 268 g/mol. The fourth-order valence-corrected chi connectivity index (χ4v) is 2.69. The molecule has 1 aliphatic rings. The first-order chi connectivity index (χ1) is 10.7. The number of nitrogens with zero attached hydrogens (tertiary/aromatic N) is 2. The second-order valence-corrected chi connectivity index (χ2v) is 4.76. The minimum atomic E-state index is 0.0382. The molecule has 0 atom stereocenters. The van der Waals surface area contributed by atoms with Crippen LogP contribution in [0.1, 0.15) is 22.3 Å². The maximum absolute atomic E-state index is 9.27. The monoisotopic (exact) mass is 275 g/mol. The summed E-state index contributed by atoms with van der Waals surface area (Å²) in [6.07, 6.45) is 12.7. The maximum Gasteiger partial charge on any atom is 0.138 e. The Hall–Kier alpha value is -3.72. The molecule has 2 heteroatoms. The van der Waals surface area contributed by atoms with Crippen LogP contribution in [0.15, 0.2) is 42.0 Å². The van der Waals surface area contributed by atoms with Gasteiger partial charge in [0.05, 0.1) is 0 Å². The van der Waals surface area contributed by atoms with Crippen LogP contribution in [0.25, 0.3) is 16.7 Å². The van der Waals surface area contributed by atoms with Crippen molar-refractivity contribution in [2.24, 2.45) is 0 Å². The van der Waals surface area contributed by atoms with Gasteiger partial charge in [-0.1, -0.05) is 24.0 Å². The van der Waals surface area contributed by atoms with E-state index in [-0.39, 0.29) is 5.57 Å². The lowest BCUT2D eigenvalue weighted by Gasteiger charge is -2.03. The molecule has 0 aliphatic heterocycles. The molecular formula is C20H7N2. The van der Waals surface area contributed by atoms with Crippen LogP contribution in [-0.4, -0.2) is 0 Å². The Labute approximate surface area is 128 Å². The minimum absolute atomic E-state index is 0.0382. The van der Waals surface area contributed by atoms with Gasteiger partial charge >= 0.3 is 0 Å². The van der Waals surface area contributed by atoms with Crippen LogP contribution in [0.4, 0.5) is 0 Å². The van der Waals surface area contributed by atoms with Crippen LogP contribution in [0, 0.1) is 47.3 Å². The van der Waals surface area contributed by atoms with Gasteiger partial charge in [0.15, 0.2) is 0 Å². The van der Waals surface area contributed by atoms with Crippen molar-refractivity contribution in [1.82, 2.24) is 0 Å². The zero-order valence-corrected chi connectivity index (χ0v) is 11.4. The summed E-state index contributed by atoms with van der Waals surface area (Å²) in [5.74, 6) is 4.90. The van der Waals surface area contributed by atoms with Crippen molar-refractivity contribution in [3.05, 3.63) is 70.6 Å². The molecule has 0 spiro atoms. The first kappa shape index (κ1) is 13.3. The van der Waals surface area contributed by atoms with E-state index in [2.05, 4.69) is 11.8 Å². The average molecular weight is 275 g/mol. The van der Waals surface area contributed by atoms with Gasteiger partial charge in [-0.3, -0.25) is 0 Å². The van der Waals surface area contributed by atoms with Gasteiger partial charge in [0.2, 0.25) is 0 Å². The molecule has 22 heavy (non-hydrogen) atoms. The lowest BCUT2D eigenvalue weighted by atomic mass is 9.97. The molecule has 0 amide bonds. The predicted octanol–water partition coefficient (Wildman–Crippen LogP) is 3.44. The predicted molar refractivity (Wildman–Crippen MR) is 83.3 cm³/mol. The molecule has 0 saturated heterocycles. The lowest BCUT2D eigenvalue weighted by Crippen LogP contribution is -1.89. The normalized spacial score (nSPS) is 10.5. The SMILES string of the molecule is [C]#Cc1ccc2c(c1)C(=C(C#N)C#N)c1cc(C#C)ccc1-2. The number of allylic oxidation sites excluding steroid dienone is 1.